The van der Waals surface area contributed by atoms with E-state index in [9.17, 15) is 9.59 Å². The maximum absolute atomic E-state index is 11.5. The van der Waals surface area contributed by atoms with E-state index >= 15 is 0 Å². The minimum Gasteiger partial charge on any atom is -0.465 e. The fraction of sp³-hybridized carbons (Fsp3) is 0.133. The highest BCUT2D eigenvalue weighted by Crippen LogP contribution is 2.18. The quantitative estimate of drug-likeness (QED) is 0.844. The zero-order valence-corrected chi connectivity index (χ0v) is 12.1. The van der Waals surface area contributed by atoms with E-state index in [1.807, 2.05) is 6.07 Å². The summed E-state index contributed by atoms with van der Waals surface area (Å²) in [6, 6.07) is 10.3. The van der Waals surface area contributed by atoms with Gasteiger partial charge in [0.2, 0.25) is 0 Å². The zero-order chi connectivity index (χ0) is 15.9. The Bertz CT molecular complexity index is 671. The second-order valence-corrected chi connectivity index (χ2v) is 4.25. The number of nitrogens with zero attached hydrogens (tertiary/aromatic N) is 1. The molecule has 7 heteroatoms. The molecular formula is C15H15N3O4. The first-order chi connectivity index (χ1) is 10.6. The van der Waals surface area contributed by atoms with Crippen molar-refractivity contribution in [3.05, 3.63) is 48.2 Å². The molecule has 0 saturated carbocycles. The van der Waals surface area contributed by atoms with Crippen molar-refractivity contribution >= 4 is 29.3 Å². The Balaban J connectivity index is 2.07. The van der Waals surface area contributed by atoms with Crippen molar-refractivity contribution in [2.24, 2.45) is 0 Å². The van der Waals surface area contributed by atoms with Gasteiger partial charge in [0.25, 0.3) is 0 Å². The van der Waals surface area contributed by atoms with Crippen molar-refractivity contribution in [2.75, 3.05) is 24.9 Å². The molecule has 0 atom stereocenters. The van der Waals surface area contributed by atoms with E-state index in [4.69, 9.17) is 0 Å². The first-order valence-corrected chi connectivity index (χ1v) is 6.39. The fourth-order valence-electron chi connectivity index (χ4n) is 1.71. The third-order valence-electron chi connectivity index (χ3n) is 2.75. The molecule has 2 rings (SSSR count). The Kier molecular flexibility index (Phi) is 4.92. The van der Waals surface area contributed by atoms with Crippen molar-refractivity contribution < 1.29 is 19.1 Å². The van der Waals surface area contributed by atoms with E-state index in [-0.39, 0.29) is 0 Å². The van der Waals surface area contributed by atoms with Crippen molar-refractivity contribution in [3.63, 3.8) is 0 Å². The third-order valence-corrected chi connectivity index (χ3v) is 2.75. The van der Waals surface area contributed by atoms with Gasteiger partial charge in [0, 0.05) is 5.69 Å². The Morgan fingerprint density at radius 2 is 1.86 bits per heavy atom. The van der Waals surface area contributed by atoms with E-state index in [1.54, 1.807) is 36.5 Å². The zero-order valence-electron chi connectivity index (χ0n) is 12.1. The number of pyridine rings is 1. The number of nitrogens with one attached hydrogen (secondary N) is 2. The second kappa shape index (κ2) is 7.07. The average Bonchev–Trinajstić information content (AvgIpc) is 2.56. The molecule has 7 nitrogen and oxygen atoms in total. The third kappa shape index (κ3) is 3.95. The van der Waals surface area contributed by atoms with Gasteiger partial charge in [-0.05, 0) is 30.3 Å². The molecule has 2 N–H and O–H groups in total. The molecule has 0 fully saturated rings. The molecule has 0 aliphatic carbocycles. The Morgan fingerprint density at radius 3 is 2.50 bits per heavy atom. The monoisotopic (exact) mass is 301 g/mol. The smallest absolute Gasteiger partial charge is 0.412 e. The van der Waals surface area contributed by atoms with E-state index in [0.717, 1.165) is 5.69 Å². The van der Waals surface area contributed by atoms with Gasteiger partial charge in [-0.25, -0.2) is 14.6 Å². The van der Waals surface area contributed by atoms with Crippen LogP contribution in [-0.4, -0.2) is 31.3 Å². The summed E-state index contributed by atoms with van der Waals surface area (Å²) in [5.41, 5.74) is 1.88. The first kappa shape index (κ1) is 15.3. The molecule has 1 amide bonds. The van der Waals surface area contributed by atoms with Crippen LogP contribution in [0.5, 0.6) is 0 Å². The Labute approximate surface area is 127 Å². The van der Waals surface area contributed by atoms with Gasteiger partial charge in [-0.2, -0.15) is 0 Å². The summed E-state index contributed by atoms with van der Waals surface area (Å²) in [7, 11) is 2.61. The lowest BCUT2D eigenvalue weighted by Gasteiger charge is -2.08. The number of hydrogen-bond donors (Lipinski definition) is 2. The summed E-state index contributed by atoms with van der Waals surface area (Å²) < 4.78 is 9.15. The van der Waals surface area contributed by atoms with Crippen molar-refractivity contribution in [1.29, 1.82) is 0 Å². The minimum atomic E-state index is -0.584. The van der Waals surface area contributed by atoms with Crippen LogP contribution in [0.15, 0.2) is 42.6 Å². The highest BCUT2D eigenvalue weighted by Gasteiger charge is 2.06. The van der Waals surface area contributed by atoms with Crippen molar-refractivity contribution in [1.82, 2.24) is 4.98 Å². The van der Waals surface area contributed by atoms with E-state index in [0.29, 0.717) is 17.1 Å². The molecule has 0 aliphatic heterocycles. The highest BCUT2D eigenvalue weighted by molar-refractivity contribution is 5.90. The topological polar surface area (TPSA) is 89.6 Å². The molecular weight excluding hydrogens is 286 g/mol. The van der Waals surface area contributed by atoms with E-state index < -0.39 is 12.1 Å². The van der Waals surface area contributed by atoms with Crippen molar-refractivity contribution in [2.45, 2.75) is 0 Å². The van der Waals surface area contributed by atoms with Crippen LogP contribution in [-0.2, 0) is 9.47 Å². The first-order valence-electron chi connectivity index (χ1n) is 6.39. The van der Waals surface area contributed by atoms with Gasteiger partial charge >= 0.3 is 12.1 Å². The number of methoxy groups -OCH3 is 2. The number of carbonyl (C=O) groups is 2. The standard InChI is InChI=1S/C15H15N3O4/c1-21-14(19)10-4-3-5-11(8-10)17-12-6-7-13(16-9-12)18-15(20)22-2/h3-9,17H,1-2H3,(H,16,18,20). The summed E-state index contributed by atoms with van der Waals surface area (Å²) in [6.45, 7) is 0. The summed E-state index contributed by atoms with van der Waals surface area (Å²) in [5, 5.41) is 5.56. The number of esters is 1. The minimum absolute atomic E-state index is 0.376. The van der Waals surface area contributed by atoms with Gasteiger partial charge in [-0.3, -0.25) is 5.32 Å². The van der Waals surface area contributed by atoms with Crippen LogP contribution in [0.1, 0.15) is 10.4 Å². The molecule has 1 heterocycles. The SMILES string of the molecule is COC(=O)Nc1ccc(Nc2cccc(C(=O)OC)c2)cn1. The number of amides is 1. The molecule has 0 bridgehead atoms. The normalized spacial score (nSPS) is 9.73. The van der Waals surface area contributed by atoms with Gasteiger partial charge < -0.3 is 14.8 Å². The summed E-state index contributed by atoms with van der Waals surface area (Å²) in [5.74, 6) is -0.0277. The fourth-order valence-corrected chi connectivity index (χ4v) is 1.71. The predicted molar refractivity (Wildman–Crippen MR) is 81.3 cm³/mol. The molecule has 0 saturated heterocycles. The van der Waals surface area contributed by atoms with Gasteiger partial charge in [-0.1, -0.05) is 6.07 Å². The number of ether oxygens (including phenoxy) is 2. The molecule has 0 radical (unpaired) electrons. The number of aromatic nitrogens is 1. The molecule has 2 aromatic rings. The average molecular weight is 301 g/mol. The second-order valence-electron chi connectivity index (χ2n) is 4.25. The summed E-state index contributed by atoms with van der Waals surface area (Å²) in [6.07, 6.45) is 0.967. The van der Waals surface area contributed by atoms with Crippen LogP contribution in [0.3, 0.4) is 0 Å². The van der Waals surface area contributed by atoms with Crippen LogP contribution in [0.4, 0.5) is 22.0 Å². The number of rotatable bonds is 4. The molecule has 1 aromatic carbocycles. The van der Waals surface area contributed by atoms with Crippen molar-refractivity contribution in [3.8, 4) is 0 Å². The Morgan fingerprint density at radius 1 is 1.05 bits per heavy atom. The molecule has 0 spiro atoms. The maximum Gasteiger partial charge on any atom is 0.412 e. The van der Waals surface area contributed by atoms with Gasteiger partial charge in [-0.15, -0.1) is 0 Å². The van der Waals surface area contributed by atoms with Crippen LogP contribution >= 0.6 is 0 Å². The molecule has 0 aliphatic rings. The predicted octanol–water partition coefficient (Wildman–Crippen LogP) is 2.79. The van der Waals surface area contributed by atoms with E-state index in [1.165, 1.54) is 14.2 Å². The number of benzene rings is 1. The summed E-state index contributed by atoms with van der Waals surface area (Å²) in [4.78, 5) is 26.6. The molecule has 0 unspecified atom stereocenters. The lowest BCUT2D eigenvalue weighted by Crippen LogP contribution is -2.11. The maximum atomic E-state index is 11.5. The van der Waals surface area contributed by atoms with E-state index in [2.05, 4.69) is 25.1 Å². The number of carbonyl (C=O) groups excluding carboxylic acids is 2. The Hall–Kier alpha value is -3.09. The summed E-state index contributed by atoms with van der Waals surface area (Å²) >= 11 is 0. The number of hydrogen-bond acceptors (Lipinski definition) is 6. The van der Waals surface area contributed by atoms with Crippen LogP contribution < -0.4 is 10.6 Å². The lowest BCUT2D eigenvalue weighted by atomic mass is 10.2. The van der Waals surface area contributed by atoms with Crippen LogP contribution in [0.2, 0.25) is 0 Å². The largest absolute Gasteiger partial charge is 0.465 e. The lowest BCUT2D eigenvalue weighted by molar-refractivity contribution is 0.0600. The highest BCUT2D eigenvalue weighted by atomic mass is 16.5. The van der Waals surface area contributed by atoms with Crippen LogP contribution in [0.25, 0.3) is 0 Å². The van der Waals surface area contributed by atoms with Crippen LogP contribution in [0, 0.1) is 0 Å². The molecule has 1 aromatic heterocycles. The van der Waals surface area contributed by atoms with Gasteiger partial charge in [0.05, 0.1) is 31.7 Å². The number of anilines is 3. The molecule has 22 heavy (non-hydrogen) atoms. The van der Waals surface area contributed by atoms with Gasteiger partial charge in [0.1, 0.15) is 5.82 Å². The van der Waals surface area contributed by atoms with Gasteiger partial charge in [0.15, 0.2) is 0 Å². The molecule has 114 valence electrons.